The molecule has 1 aromatic heterocycles. The van der Waals surface area contributed by atoms with E-state index < -0.39 is 0 Å². The van der Waals surface area contributed by atoms with Gasteiger partial charge in [0.2, 0.25) is 5.91 Å². The summed E-state index contributed by atoms with van der Waals surface area (Å²) in [6, 6.07) is 20.3. The molecule has 4 nitrogen and oxygen atoms in total. The number of fused-ring (bicyclic) bond motifs is 2. The van der Waals surface area contributed by atoms with Crippen LogP contribution in [0.5, 0.6) is 0 Å². The average Bonchev–Trinajstić information content (AvgIpc) is 3.00. The summed E-state index contributed by atoms with van der Waals surface area (Å²) in [5.41, 5.74) is 14.6. The summed E-state index contributed by atoms with van der Waals surface area (Å²) in [5.74, 6) is -0.385. The van der Waals surface area contributed by atoms with Crippen molar-refractivity contribution in [2.45, 2.75) is 25.7 Å². The van der Waals surface area contributed by atoms with E-state index in [0.717, 1.165) is 55.0 Å². The van der Waals surface area contributed by atoms with Crippen LogP contribution in [0.2, 0.25) is 0 Å². The highest BCUT2D eigenvalue weighted by atomic mass is 32.1. The van der Waals surface area contributed by atoms with Gasteiger partial charge in [0.1, 0.15) is 4.99 Å². The zero-order chi connectivity index (χ0) is 22.1. The Hall–Kier alpha value is -3.31. The molecule has 32 heavy (non-hydrogen) atoms. The number of piperidine rings is 1. The normalized spacial score (nSPS) is 15.6. The van der Waals surface area contributed by atoms with Crippen LogP contribution in [0, 0.1) is 0 Å². The van der Waals surface area contributed by atoms with Gasteiger partial charge in [0.15, 0.2) is 0 Å². The maximum Gasteiger partial charge on any atom is 0.248 e. The molecular weight excluding hydrogens is 414 g/mol. The Bertz CT molecular complexity index is 1220. The standard InChI is InChI=1S/C27H25N3OS/c28-26(31)22-10-11-23-21(17-22)9-8-19-7-4-14-29-25(19)24(23)18-12-15-30(16-13-18)27(32)20-5-2-1-3-6-20/h1-7,10-11,14,17H,8-9,12-13,15-16H2,(H2,28,31). The third kappa shape index (κ3) is 3.84. The second-order valence-electron chi connectivity index (χ2n) is 8.38. The van der Waals surface area contributed by atoms with Crippen molar-refractivity contribution in [3.05, 3.63) is 106 Å². The zero-order valence-electron chi connectivity index (χ0n) is 17.9. The number of amides is 1. The lowest BCUT2D eigenvalue weighted by atomic mass is 9.88. The van der Waals surface area contributed by atoms with Gasteiger partial charge in [0.25, 0.3) is 0 Å². The SMILES string of the molecule is NC(=O)c1ccc2c(c1)CCc1cccnc1C2=C1CCN(C(=S)c2ccccc2)CC1. The van der Waals surface area contributed by atoms with Crippen molar-refractivity contribution in [2.75, 3.05) is 13.1 Å². The van der Waals surface area contributed by atoms with Crippen LogP contribution in [0.3, 0.4) is 0 Å². The summed E-state index contributed by atoms with van der Waals surface area (Å²) >= 11 is 5.78. The molecule has 1 fully saturated rings. The minimum Gasteiger partial charge on any atom is -0.366 e. The van der Waals surface area contributed by atoms with Crippen LogP contribution >= 0.6 is 12.2 Å². The van der Waals surface area contributed by atoms with Gasteiger partial charge in [-0.05, 0) is 60.6 Å². The number of likely N-dealkylation sites (tertiary alicyclic amines) is 1. The van der Waals surface area contributed by atoms with E-state index >= 15 is 0 Å². The van der Waals surface area contributed by atoms with E-state index in [1.807, 2.05) is 42.6 Å². The number of benzene rings is 2. The van der Waals surface area contributed by atoms with Crippen molar-refractivity contribution in [1.29, 1.82) is 0 Å². The molecule has 1 aliphatic heterocycles. The summed E-state index contributed by atoms with van der Waals surface area (Å²) in [6.45, 7) is 1.78. The van der Waals surface area contributed by atoms with Crippen molar-refractivity contribution in [2.24, 2.45) is 5.73 Å². The summed E-state index contributed by atoms with van der Waals surface area (Å²) in [5, 5.41) is 0. The molecule has 2 N–H and O–H groups in total. The summed E-state index contributed by atoms with van der Waals surface area (Å²) in [6.07, 6.45) is 5.53. The fourth-order valence-corrected chi connectivity index (χ4v) is 5.13. The first-order chi connectivity index (χ1) is 15.6. The Morgan fingerprint density at radius 1 is 0.875 bits per heavy atom. The van der Waals surface area contributed by atoms with E-state index in [9.17, 15) is 4.79 Å². The van der Waals surface area contributed by atoms with Gasteiger partial charge >= 0.3 is 0 Å². The van der Waals surface area contributed by atoms with Crippen LogP contribution in [0.25, 0.3) is 5.57 Å². The van der Waals surface area contributed by atoms with E-state index in [1.54, 1.807) is 0 Å². The van der Waals surface area contributed by atoms with Gasteiger partial charge in [-0.25, -0.2) is 0 Å². The molecule has 0 saturated carbocycles. The van der Waals surface area contributed by atoms with Gasteiger partial charge in [-0.3, -0.25) is 9.78 Å². The molecule has 0 spiro atoms. The van der Waals surface area contributed by atoms with Gasteiger partial charge in [0.05, 0.1) is 5.69 Å². The average molecular weight is 440 g/mol. The van der Waals surface area contributed by atoms with Gasteiger partial charge in [-0.15, -0.1) is 0 Å². The van der Waals surface area contributed by atoms with Crippen LogP contribution in [0.4, 0.5) is 0 Å². The molecule has 160 valence electrons. The zero-order valence-corrected chi connectivity index (χ0v) is 18.7. The molecule has 2 aliphatic rings. The number of hydrogen-bond acceptors (Lipinski definition) is 3. The number of nitrogens with two attached hydrogens (primary N) is 1. The first-order valence-corrected chi connectivity index (χ1v) is 11.5. The fraction of sp³-hybridized carbons (Fsp3) is 0.222. The van der Waals surface area contributed by atoms with Gasteiger partial charge in [-0.1, -0.05) is 60.3 Å². The number of pyridine rings is 1. The first kappa shape index (κ1) is 20.6. The highest BCUT2D eigenvalue weighted by molar-refractivity contribution is 7.80. The van der Waals surface area contributed by atoms with Crippen molar-refractivity contribution in [3.63, 3.8) is 0 Å². The number of carbonyl (C=O) groups is 1. The number of hydrogen-bond donors (Lipinski definition) is 1. The molecule has 5 rings (SSSR count). The van der Waals surface area contributed by atoms with Crippen molar-refractivity contribution in [3.8, 4) is 0 Å². The Kier molecular flexibility index (Phi) is 5.58. The Morgan fingerprint density at radius 2 is 1.62 bits per heavy atom. The van der Waals surface area contributed by atoms with E-state index in [4.69, 9.17) is 22.9 Å². The van der Waals surface area contributed by atoms with Crippen LogP contribution in [-0.4, -0.2) is 33.9 Å². The summed E-state index contributed by atoms with van der Waals surface area (Å²) in [4.78, 5) is 19.8. The minimum absolute atomic E-state index is 0.385. The van der Waals surface area contributed by atoms with Gasteiger partial charge in [0, 0.05) is 36.0 Å². The van der Waals surface area contributed by atoms with Crippen molar-refractivity contribution in [1.82, 2.24) is 9.88 Å². The fourth-order valence-electron chi connectivity index (χ4n) is 4.81. The Morgan fingerprint density at radius 3 is 2.38 bits per heavy atom. The minimum atomic E-state index is -0.385. The molecule has 1 amide bonds. The highest BCUT2D eigenvalue weighted by Gasteiger charge is 2.26. The number of primary amides is 1. The molecule has 0 unspecified atom stereocenters. The topological polar surface area (TPSA) is 59.2 Å². The molecule has 1 saturated heterocycles. The van der Waals surface area contributed by atoms with Crippen LogP contribution in [0.15, 0.2) is 72.4 Å². The molecular formula is C27H25N3OS. The van der Waals surface area contributed by atoms with Crippen LogP contribution in [0.1, 0.15) is 51.1 Å². The second-order valence-corrected chi connectivity index (χ2v) is 8.77. The highest BCUT2D eigenvalue weighted by Crippen LogP contribution is 2.38. The molecule has 0 atom stereocenters. The van der Waals surface area contributed by atoms with Crippen molar-refractivity contribution < 1.29 is 4.79 Å². The number of carbonyl (C=O) groups excluding carboxylic acids is 1. The lowest BCUT2D eigenvalue weighted by Gasteiger charge is -2.32. The largest absolute Gasteiger partial charge is 0.366 e. The van der Waals surface area contributed by atoms with E-state index in [2.05, 4.69) is 29.2 Å². The lowest BCUT2D eigenvalue weighted by molar-refractivity contribution is 0.1000. The van der Waals surface area contributed by atoms with Gasteiger partial charge < -0.3 is 10.6 Å². The number of aromatic nitrogens is 1. The Labute approximate surface area is 193 Å². The maximum absolute atomic E-state index is 11.8. The lowest BCUT2D eigenvalue weighted by Crippen LogP contribution is -2.36. The first-order valence-electron chi connectivity index (χ1n) is 11.1. The summed E-state index contributed by atoms with van der Waals surface area (Å²) in [7, 11) is 0. The summed E-state index contributed by atoms with van der Waals surface area (Å²) < 4.78 is 0. The number of aryl methyl sites for hydroxylation is 2. The molecule has 2 heterocycles. The smallest absolute Gasteiger partial charge is 0.248 e. The molecule has 5 heteroatoms. The predicted octanol–water partition coefficient (Wildman–Crippen LogP) is 4.55. The quantitative estimate of drug-likeness (QED) is 0.595. The molecule has 0 bridgehead atoms. The molecule has 2 aromatic carbocycles. The third-order valence-corrected chi connectivity index (χ3v) is 6.97. The number of nitrogens with zero attached hydrogens (tertiary/aromatic N) is 2. The molecule has 3 aromatic rings. The molecule has 0 radical (unpaired) electrons. The number of rotatable bonds is 2. The second kappa shape index (κ2) is 8.67. The number of thiocarbonyl (C=S) groups is 1. The van der Waals surface area contributed by atoms with Crippen LogP contribution < -0.4 is 5.73 Å². The van der Waals surface area contributed by atoms with E-state index in [-0.39, 0.29) is 5.91 Å². The predicted molar refractivity (Wildman–Crippen MR) is 132 cm³/mol. The van der Waals surface area contributed by atoms with Crippen molar-refractivity contribution >= 4 is 28.7 Å². The van der Waals surface area contributed by atoms with Gasteiger partial charge in [-0.2, -0.15) is 0 Å². The third-order valence-electron chi connectivity index (χ3n) is 6.48. The molecule has 1 aliphatic carbocycles. The maximum atomic E-state index is 11.8. The van der Waals surface area contributed by atoms with E-state index in [0.29, 0.717) is 5.56 Å². The van der Waals surface area contributed by atoms with E-state index in [1.165, 1.54) is 27.8 Å². The monoisotopic (exact) mass is 439 g/mol. The Balaban J connectivity index is 1.52. The van der Waals surface area contributed by atoms with Crippen LogP contribution in [-0.2, 0) is 12.8 Å².